The molecule has 0 N–H and O–H groups in total. The van der Waals surface area contributed by atoms with E-state index in [1.54, 1.807) is 0 Å². The predicted molar refractivity (Wildman–Crippen MR) is 169 cm³/mol. The van der Waals surface area contributed by atoms with E-state index in [9.17, 15) is 0 Å². The lowest BCUT2D eigenvalue weighted by atomic mass is 9.79. The number of rotatable bonds is 9. The number of hydrogen-bond donors (Lipinski definition) is 0. The zero-order valence-electron chi connectivity index (χ0n) is 24.3. The monoisotopic (exact) mass is 560 g/mol. The average Bonchev–Trinajstić information content (AvgIpc) is 3.01. The van der Waals surface area contributed by atoms with Crippen LogP contribution < -0.4 is 0 Å². The molecule has 0 saturated carbocycles. The van der Waals surface area contributed by atoms with Crippen LogP contribution in [0, 0.1) is 11.5 Å². The summed E-state index contributed by atoms with van der Waals surface area (Å²) in [5, 5.41) is 0. The van der Waals surface area contributed by atoms with Gasteiger partial charge in [0.1, 0.15) is 19.8 Å². The molecule has 3 atom stereocenters. The molecule has 0 spiro atoms. The third kappa shape index (κ3) is 7.44. The molecular weight excluding hydrogens is 520 g/mol. The van der Waals surface area contributed by atoms with Crippen molar-refractivity contribution in [2.45, 2.75) is 63.0 Å². The van der Waals surface area contributed by atoms with Gasteiger partial charge in [-0.05, 0) is 35.1 Å². The van der Waals surface area contributed by atoms with Crippen LogP contribution in [0.3, 0.4) is 0 Å². The molecule has 0 aliphatic carbocycles. The van der Waals surface area contributed by atoms with Gasteiger partial charge < -0.3 is 14.2 Å². The molecule has 1 heterocycles. The third-order valence-corrected chi connectivity index (χ3v) is 8.22. The van der Waals surface area contributed by atoms with Crippen molar-refractivity contribution in [1.82, 2.24) is 0 Å². The highest BCUT2D eigenvalue weighted by Crippen LogP contribution is 2.43. The lowest BCUT2D eigenvalue weighted by molar-refractivity contribution is -0.164. The Kier molecular flexibility index (Phi) is 9.54. The van der Waals surface area contributed by atoms with E-state index in [2.05, 4.69) is 134 Å². The average molecular weight is 561 g/mol. The van der Waals surface area contributed by atoms with E-state index in [0.29, 0.717) is 13.2 Å². The van der Waals surface area contributed by atoms with Crippen molar-refractivity contribution in [3.05, 3.63) is 144 Å². The van der Waals surface area contributed by atoms with Gasteiger partial charge in [0.25, 0.3) is 0 Å². The Bertz CT molecular complexity index is 1310. The second kappa shape index (κ2) is 13.5. The molecule has 5 rings (SSSR count). The fourth-order valence-electron chi connectivity index (χ4n) is 5.35. The minimum absolute atomic E-state index is 0.0286. The molecule has 4 heteroatoms. The quantitative estimate of drug-likeness (QED) is 0.118. The lowest BCUT2D eigenvalue weighted by Crippen LogP contribution is -2.47. The van der Waals surface area contributed by atoms with Crippen LogP contribution in [0.25, 0.3) is 0 Å². The first-order valence-electron chi connectivity index (χ1n) is 14.6. The molecule has 3 unspecified atom stereocenters. The maximum Gasteiger partial charge on any atom is 0.144 e. The Labute approximate surface area is 246 Å². The van der Waals surface area contributed by atoms with Crippen molar-refractivity contribution in [3.8, 4) is 11.5 Å². The van der Waals surface area contributed by atoms with Gasteiger partial charge in [-0.2, -0.15) is 0 Å². The number of benzene rings is 4. The Balaban J connectivity index is 1.47. The maximum absolute atomic E-state index is 7.38. The first-order chi connectivity index (χ1) is 19.9. The van der Waals surface area contributed by atoms with Crippen LogP contribution in [-0.2, 0) is 26.4 Å². The molecule has 4 aromatic rings. The van der Waals surface area contributed by atoms with Crippen LogP contribution in [0.2, 0.25) is 19.6 Å². The van der Waals surface area contributed by atoms with Crippen LogP contribution in [-0.4, -0.2) is 33.0 Å². The van der Waals surface area contributed by atoms with E-state index in [0.717, 1.165) is 35.1 Å². The van der Waals surface area contributed by atoms with E-state index >= 15 is 0 Å². The molecule has 0 bridgehead atoms. The summed E-state index contributed by atoms with van der Waals surface area (Å²) >= 11 is 0. The highest BCUT2D eigenvalue weighted by molar-refractivity contribution is 6.83. The summed E-state index contributed by atoms with van der Waals surface area (Å²) in [6.45, 7) is 7.91. The van der Waals surface area contributed by atoms with Crippen molar-refractivity contribution in [3.63, 3.8) is 0 Å². The minimum atomic E-state index is -1.64. The molecule has 0 amide bonds. The largest absolute Gasteiger partial charge is 0.374 e. The lowest BCUT2D eigenvalue weighted by Gasteiger charge is -2.43. The first-order valence-corrected chi connectivity index (χ1v) is 18.1. The molecule has 41 heavy (non-hydrogen) atoms. The number of hydrogen-bond acceptors (Lipinski definition) is 3. The van der Waals surface area contributed by atoms with Gasteiger partial charge in [-0.15, -0.1) is 5.54 Å². The molecular formula is C37H40O3Si. The molecule has 1 fully saturated rings. The number of ether oxygens (including phenoxy) is 3. The summed E-state index contributed by atoms with van der Waals surface area (Å²) in [5.41, 5.74) is 7.18. The molecule has 0 radical (unpaired) electrons. The Morgan fingerprint density at radius 2 is 1.20 bits per heavy atom. The van der Waals surface area contributed by atoms with Crippen LogP contribution in [0.1, 0.15) is 35.1 Å². The van der Waals surface area contributed by atoms with Crippen molar-refractivity contribution in [2.75, 3.05) is 6.61 Å². The summed E-state index contributed by atoms with van der Waals surface area (Å²) in [4.78, 5) is 0. The van der Waals surface area contributed by atoms with E-state index in [4.69, 9.17) is 14.2 Å². The molecule has 210 valence electrons. The van der Waals surface area contributed by atoms with E-state index < -0.39 is 13.7 Å². The zero-order chi connectivity index (χ0) is 28.5. The summed E-state index contributed by atoms with van der Waals surface area (Å²) in [5.74, 6) is 3.54. The summed E-state index contributed by atoms with van der Waals surface area (Å²) < 4.78 is 20.2. The first kappa shape index (κ1) is 29.0. The van der Waals surface area contributed by atoms with Crippen LogP contribution in [0.4, 0.5) is 0 Å². The van der Waals surface area contributed by atoms with Gasteiger partial charge in [-0.3, -0.25) is 0 Å². The second-order valence-corrected chi connectivity index (χ2v) is 16.5. The zero-order valence-corrected chi connectivity index (χ0v) is 25.3. The normalized spacial score (nSPS) is 19.2. The summed E-state index contributed by atoms with van der Waals surface area (Å²) in [6.07, 6.45) is 1.08. The highest BCUT2D eigenvalue weighted by atomic mass is 28.3. The van der Waals surface area contributed by atoms with Crippen LogP contribution in [0.5, 0.6) is 0 Å². The Hall–Kier alpha value is -3.46. The Morgan fingerprint density at radius 1 is 0.707 bits per heavy atom. The predicted octanol–water partition coefficient (Wildman–Crippen LogP) is 8.01. The van der Waals surface area contributed by atoms with Crippen molar-refractivity contribution < 1.29 is 14.2 Å². The molecule has 0 aromatic heterocycles. The van der Waals surface area contributed by atoms with Gasteiger partial charge in [0.05, 0.1) is 25.4 Å². The SMILES string of the molecule is C[Si](C)(C)C#CC1OC(COCc2ccccc2)CCC1OC(c1ccccc1)(c1ccccc1)c1ccccc1. The van der Waals surface area contributed by atoms with Gasteiger partial charge in [-0.25, -0.2) is 0 Å². The van der Waals surface area contributed by atoms with Gasteiger partial charge in [0.2, 0.25) is 0 Å². The molecule has 1 aliphatic rings. The highest BCUT2D eigenvalue weighted by Gasteiger charge is 2.43. The smallest absolute Gasteiger partial charge is 0.144 e. The summed E-state index contributed by atoms with van der Waals surface area (Å²) in [6, 6.07) is 41.9. The topological polar surface area (TPSA) is 27.7 Å². The standard InChI is InChI=1S/C37H40O3Si/c1-41(2,3)27-26-35-36(25-24-34(39-35)29-38-28-30-16-8-4-9-17-30)40-37(31-18-10-5-11-19-31,32-20-12-6-13-21-32)33-22-14-7-15-23-33/h4-23,34-36H,24-25,28-29H2,1-3H3. The third-order valence-electron chi connectivity index (χ3n) is 7.32. The van der Waals surface area contributed by atoms with Crippen molar-refractivity contribution in [1.29, 1.82) is 0 Å². The van der Waals surface area contributed by atoms with Gasteiger partial charge in [0, 0.05) is 0 Å². The van der Waals surface area contributed by atoms with Gasteiger partial charge in [-0.1, -0.05) is 147 Å². The molecule has 1 aliphatic heterocycles. The van der Waals surface area contributed by atoms with Crippen molar-refractivity contribution >= 4 is 8.07 Å². The van der Waals surface area contributed by atoms with Crippen LogP contribution >= 0.6 is 0 Å². The Morgan fingerprint density at radius 3 is 1.68 bits per heavy atom. The fraction of sp³-hybridized carbons (Fsp3) is 0.297. The van der Waals surface area contributed by atoms with Gasteiger partial charge in [0.15, 0.2) is 0 Å². The minimum Gasteiger partial charge on any atom is -0.374 e. The molecule has 3 nitrogen and oxygen atoms in total. The van der Waals surface area contributed by atoms with Crippen molar-refractivity contribution in [2.24, 2.45) is 0 Å². The van der Waals surface area contributed by atoms with Gasteiger partial charge >= 0.3 is 0 Å². The summed E-state index contributed by atoms with van der Waals surface area (Å²) in [7, 11) is -1.64. The van der Waals surface area contributed by atoms with E-state index in [1.807, 2.05) is 18.2 Å². The second-order valence-electron chi connectivity index (χ2n) is 11.7. The van der Waals surface area contributed by atoms with E-state index in [-0.39, 0.29) is 18.3 Å². The molecule has 4 aromatic carbocycles. The van der Waals surface area contributed by atoms with E-state index in [1.165, 1.54) is 0 Å². The maximum atomic E-state index is 7.38. The van der Waals surface area contributed by atoms with Crippen LogP contribution in [0.15, 0.2) is 121 Å². The molecule has 1 saturated heterocycles. The fourth-order valence-corrected chi connectivity index (χ4v) is 5.93.